The van der Waals surface area contributed by atoms with Crippen molar-refractivity contribution >= 4 is 19.7 Å². The topological polar surface area (TPSA) is 114 Å². The van der Waals surface area contributed by atoms with Crippen LogP contribution in [0.15, 0.2) is 85.1 Å². The van der Waals surface area contributed by atoms with Gasteiger partial charge in [-0.3, -0.25) is 14.2 Å². The summed E-state index contributed by atoms with van der Waals surface area (Å²) in [6, 6.07) is -0.905. The fourth-order valence-corrected chi connectivity index (χ4v) is 9.55. The Morgan fingerprint density at radius 2 is 0.792 bits per heavy atom. The summed E-state index contributed by atoms with van der Waals surface area (Å²) in [5.74, 6) is -0.570. The van der Waals surface area contributed by atoms with E-state index in [1.165, 1.54) is 128 Å². The van der Waals surface area contributed by atoms with Crippen molar-refractivity contribution in [3.8, 4) is 0 Å². The maximum absolute atomic E-state index is 13.5. The second-order valence-electron chi connectivity index (χ2n) is 22.6. The monoisotopic (exact) mass is 1100 g/mol. The molecule has 77 heavy (non-hydrogen) atoms. The zero-order chi connectivity index (χ0) is 56.4. The highest BCUT2D eigenvalue weighted by Gasteiger charge is 2.27. The smallest absolute Gasteiger partial charge is 0.306 e. The van der Waals surface area contributed by atoms with E-state index in [1.807, 2.05) is 33.3 Å². The number of hydrogen-bond acceptors (Lipinski definition) is 7. The molecule has 10 heteroatoms. The third kappa shape index (κ3) is 57.7. The molecule has 0 bridgehead atoms. The highest BCUT2D eigenvalue weighted by Crippen LogP contribution is 2.38. The number of rotatable bonds is 57. The molecule has 1 amide bonds. The molecule has 0 aromatic rings. The largest absolute Gasteiger partial charge is 0.756 e. The van der Waals surface area contributed by atoms with Crippen LogP contribution in [-0.4, -0.2) is 69.4 Å². The number of quaternary nitrogens is 1. The molecule has 9 nitrogen and oxygen atoms in total. The lowest BCUT2D eigenvalue weighted by atomic mass is 10.0. The average molecular weight is 1100 g/mol. The van der Waals surface area contributed by atoms with E-state index in [9.17, 15) is 19.0 Å². The molecule has 0 fully saturated rings. The van der Waals surface area contributed by atoms with E-state index in [2.05, 4.69) is 99.0 Å². The molecule has 3 atom stereocenters. The first-order chi connectivity index (χ1) is 37.4. The molecule has 446 valence electrons. The van der Waals surface area contributed by atoms with Crippen molar-refractivity contribution in [1.29, 1.82) is 0 Å². The van der Waals surface area contributed by atoms with Gasteiger partial charge in [-0.15, -0.1) is 0 Å². The maximum Gasteiger partial charge on any atom is 0.306 e. The number of allylic oxidation sites excluding steroid dienone is 13. The van der Waals surface area contributed by atoms with Crippen LogP contribution in [-0.2, 0) is 27.9 Å². The van der Waals surface area contributed by atoms with Crippen LogP contribution in [0.4, 0.5) is 0 Å². The Morgan fingerprint density at radius 3 is 1.21 bits per heavy atom. The van der Waals surface area contributed by atoms with E-state index < -0.39 is 26.6 Å². The Bertz CT molecular complexity index is 1590. The van der Waals surface area contributed by atoms with Crippen LogP contribution in [0.2, 0.25) is 0 Å². The zero-order valence-corrected chi connectivity index (χ0v) is 51.8. The molecule has 0 aliphatic carbocycles. The summed E-state index contributed by atoms with van der Waals surface area (Å²) < 4.78 is 30.3. The summed E-state index contributed by atoms with van der Waals surface area (Å²) in [4.78, 5) is 40.0. The lowest BCUT2D eigenvalue weighted by molar-refractivity contribution is -0.870. The predicted octanol–water partition coefficient (Wildman–Crippen LogP) is 19.1. The SMILES string of the molecule is CCCCC/C=C\C/C=C\C/C=C\C/C=C\CCCCCCCC(=O)OC(/C=C/CCCCCCCCCCCCC)C(COP(=O)([O-])OCC[N+](C)(C)C)NC(=O)CCCCCCCCC/C=C\C/C=C\CCCCC. The van der Waals surface area contributed by atoms with Gasteiger partial charge in [-0.1, -0.05) is 241 Å². The number of carbonyl (C=O) groups is 2. The molecular formula is C67H121N2O7P. The number of phosphoric ester groups is 1. The molecule has 0 radical (unpaired) electrons. The van der Waals surface area contributed by atoms with Crippen molar-refractivity contribution in [3.63, 3.8) is 0 Å². The minimum Gasteiger partial charge on any atom is -0.756 e. The van der Waals surface area contributed by atoms with Crippen molar-refractivity contribution in [2.75, 3.05) is 40.9 Å². The quantitative estimate of drug-likeness (QED) is 0.0212. The van der Waals surface area contributed by atoms with Crippen molar-refractivity contribution in [3.05, 3.63) is 85.1 Å². The fraction of sp³-hybridized carbons (Fsp3) is 0.761. The number of nitrogens with zero attached hydrogens (tertiary/aromatic N) is 1. The Hall–Kier alpha value is -2.81. The van der Waals surface area contributed by atoms with Crippen LogP contribution in [0.25, 0.3) is 0 Å². The summed E-state index contributed by atoms with van der Waals surface area (Å²) in [6.07, 6.45) is 73.9. The number of nitrogens with one attached hydrogen (secondary N) is 1. The van der Waals surface area contributed by atoms with Crippen molar-refractivity contribution < 1.29 is 37.3 Å². The number of hydrogen-bond donors (Lipinski definition) is 1. The predicted molar refractivity (Wildman–Crippen MR) is 330 cm³/mol. The van der Waals surface area contributed by atoms with Crippen molar-refractivity contribution in [2.45, 2.75) is 290 Å². The van der Waals surface area contributed by atoms with Gasteiger partial charge in [0.05, 0.1) is 33.8 Å². The minimum absolute atomic E-state index is 0.0305. The maximum atomic E-state index is 13.5. The molecule has 0 aromatic heterocycles. The number of esters is 1. The van der Waals surface area contributed by atoms with Gasteiger partial charge >= 0.3 is 5.97 Å². The van der Waals surface area contributed by atoms with Gasteiger partial charge in [0.15, 0.2) is 0 Å². The Morgan fingerprint density at radius 1 is 0.455 bits per heavy atom. The van der Waals surface area contributed by atoms with E-state index in [0.717, 1.165) is 109 Å². The second kappa shape index (κ2) is 56.5. The van der Waals surface area contributed by atoms with Gasteiger partial charge in [-0.2, -0.15) is 0 Å². The lowest BCUT2D eigenvalue weighted by Gasteiger charge is -2.30. The van der Waals surface area contributed by atoms with Crippen LogP contribution in [0.3, 0.4) is 0 Å². The minimum atomic E-state index is -4.71. The summed E-state index contributed by atoms with van der Waals surface area (Å²) in [5.41, 5.74) is 0. The molecule has 0 heterocycles. The summed E-state index contributed by atoms with van der Waals surface area (Å²) in [6.45, 7) is 6.78. The first kappa shape index (κ1) is 74.2. The van der Waals surface area contributed by atoms with Gasteiger partial charge in [0.1, 0.15) is 19.3 Å². The van der Waals surface area contributed by atoms with Gasteiger partial charge in [0, 0.05) is 12.8 Å². The molecule has 0 aliphatic heterocycles. The zero-order valence-electron chi connectivity index (χ0n) is 50.9. The van der Waals surface area contributed by atoms with Gasteiger partial charge in [-0.05, 0) is 109 Å². The molecule has 0 saturated carbocycles. The van der Waals surface area contributed by atoms with Crippen LogP contribution >= 0.6 is 7.82 Å². The van der Waals surface area contributed by atoms with Gasteiger partial charge in [0.25, 0.3) is 7.82 Å². The molecule has 0 spiro atoms. The molecule has 0 rings (SSSR count). The van der Waals surface area contributed by atoms with Gasteiger partial charge in [-0.25, -0.2) is 0 Å². The molecule has 0 saturated heterocycles. The Labute approximate surface area is 476 Å². The number of carbonyl (C=O) groups excluding carboxylic acids is 2. The Kier molecular flexibility index (Phi) is 54.4. The van der Waals surface area contributed by atoms with Crippen LogP contribution in [0.5, 0.6) is 0 Å². The molecular weight excluding hydrogens is 976 g/mol. The Balaban J connectivity index is 5.32. The number of phosphoric acid groups is 1. The molecule has 0 aliphatic rings. The number of unbranched alkanes of at least 4 members (excludes halogenated alkanes) is 29. The summed E-state index contributed by atoms with van der Waals surface area (Å²) >= 11 is 0. The van der Waals surface area contributed by atoms with E-state index in [4.69, 9.17) is 13.8 Å². The van der Waals surface area contributed by atoms with E-state index in [0.29, 0.717) is 23.9 Å². The highest BCUT2D eigenvalue weighted by atomic mass is 31.2. The number of amides is 1. The van der Waals surface area contributed by atoms with E-state index in [-0.39, 0.29) is 24.9 Å². The van der Waals surface area contributed by atoms with Crippen LogP contribution in [0.1, 0.15) is 278 Å². The van der Waals surface area contributed by atoms with Crippen molar-refractivity contribution in [2.24, 2.45) is 0 Å². The van der Waals surface area contributed by atoms with Gasteiger partial charge < -0.3 is 28.5 Å². The average Bonchev–Trinajstić information content (AvgIpc) is 3.39. The standard InChI is InChI=1S/C67H121N2O7P/c1-7-10-13-16-19-22-25-28-30-32-33-34-35-37-39-42-45-48-51-54-57-60-67(71)76-65(58-55-52-49-46-43-40-27-24-21-18-15-12-9-3)64(63-75-77(72,73)74-62-61-69(4,5)6)68-66(70)59-56-53-50-47-44-41-38-36-31-29-26-23-20-17-14-11-8-2/h19-20,22-23,28-31,33-34,37,39,55,58,64-65H,7-18,21,24-27,32,35-36,38,40-54,56-57,59-63H2,1-6H3,(H-,68,70,72,73)/b22-19-,23-20-,30-28-,31-29-,34-33-,39-37-,58-55+. The molecule has 3 unspecified atom stereocenters. The molecule has 0 aromatic carbocycles. The number of ether oxygens (including phenoxy) is 1. The van der Waals surface area contributed by atoms with E-state index in [1.54, 1.807) is 0 Å². The second-order valence-corrected chi connectivity index (χ2v) is 24.0. The highest BCUT2D eigenvalue weighted by molar-refractivity contribution is 7.45. The first-order valence-electron chi connectivity index (χ1n) is 31.9. The van der Waals surface area contributed by atoms with Crippen LogP contribution < -0.4 is 10.2 Å². The van der Waals surface area contributed by atoms with Crippen molar-refractivity contribution in [1.82, 2.24) is 5.32 Å². The first-order valence-corrected chi connectivity index (χ1v) is 33.4. The number of likely N-dealkylation sites (N-methyl/N-ethyl adjacent to an activating group) is 1. The van der Waals surface area contributed by atoms with Crippen LogP contribution in [0, 0.1) is 0 Å². The van der Waals surface area contributed by atoms with Gasteiger partial charge in [0.2, 0.25) is 5.91 Å². The van der Waals surface area contributed by atoms with E-state index >= 15 is 0 Å². The summed E-state index contributed by atoms with van der Waals surface area (Å²) in [5, 5.41) is 3.02. The fourth-order valence-electron chi connectivity index (χ4n) is 8.83. The summed E-state index contributed by atoms with van der Waals surface area (Å²) in [7, 11) is 1.16. The molecule has 1 N–H and O–H groups in total. The third-order valence-corrected chi connectivity index (χ3v) is 14.8. The third-order valence-electron chi connectivity index (χ3n) is 13.8. The normalized spacial score (nSPS) is 14.2. The lowest BCUT2D eigenvalue weighted by Crippen LogP contribution is -2.47.